The van der Waals surface area contributed by atoms with Gasteiger partial charge >= 0.3 is 6.18 Å². The lowest BCUT2D eigenvalue weighted by atomic mass is 9.96. The van der Waals surface area contributed by atoms with E-state index in [0.29, 0.717) is 44.0 Å². The Kier molecular flexibility index (Phi) is 6.09. The van der Waals surface area contributed by atoms with Gasteiger partial charge in [-0.1, -0.05) is 0 Å². The standard InChI is InChI=1S/C19H20F3N3O4/c20-19(21,22)14-3-4-16(26)25(11-14)12-17(27)24-7-5-13(6-8-24)18(28)23-10-15-2-1-9-29-15/h1-4,9,11,13H,5-8,10,12H2,(H,23,28). The van der Waals surface area contributed by atoms with E-state index in [-0.39, 0.29) is 18.4 Å². The Morgan fingerprint density at radius 1 is 1.17 bits per heavy atom. The normalized spacial score (nSPS) is 15.3. The molecule has 1 saturated heterocycles. The molecule has 0 spiro atoms. The molecule has 2 aromatic heterocycles. The largest absolute Gasteiger partial charge is 0.467 e. The molecule has 3 rings (SSSR count). The van der Waals surface area contributed by atoms with Gasteiger partial charge < -0.3 is 19.2 Å². The van der Waals surface area contributed by atoms with Crippen molar-refractivity contribution in [3.63, 3.8) is 0 Å². The van der Waals surface area contributed by atoms with Crippen molar-refractivity contribution in [2.24, 2.45) is 5.92 Å². The summed E-state index contributed by atoms with van der Waals surface area (Å²) in [6, 6.07) is 4.96. The molecule has 0 aliphatic carbocycles. The molecule has 0 saturated carbocycles. The molecule has 1 N–H and O–H groups in total. The Bertz CT molecular complexity index is 914. The molecule has 2 aromatic rings. The van der Waals surface area contributed by atoms with Gasteiger partial charge in [-0.3, -0.25) is 14.4 Å². The second-order valence-electron chi connectivity index (χ2n) is 6.83. The van der Waals surface area contributed by atoms with Crippen LogP contribution in [0.25, 0.3) is 0 Å². The number of furan rings is 1. The van der Waals surface area contributed by atoms with Crippen molar-refractivity contribution in [2.75, 3.05) is 13.1 Å². The van der Waals surface area contributed by atoms with Crippen LogP contribution in [-0.2, 0) is 28.9 Å². The molecule has 156 valence electrons. The Labute approximate surface area is 164 Å². The van der Waals surface area contributed by atoms with E-state index in [1.54, 1.807) is 12.1 Å². The third-order valence-corrected chi connectivity index (χ3v) is 4.85. The van der Waals surface area contributed by atoms with Crippen LogP contribution in [0.15, 0.2) is 45.9 Å². The summed E-state index contributed by atoms with van der Waals surface area (Å²) in [5.74, 6) is -0.216. The van der Waals surface area contributed by atoms with E-state index >= 15 is 0 Å². The first-order valence-corrected chi connectivity index (χ1v) is 9.09. The number of nitrogens with zero attached hydrogens (tertiary/aromatic N) is 2. The van der Waals surface area contributed by atoms with E-state index in [4.69, 9.17) is 4.42 Å². The smallest absolute Gasteiger partial charge is 0.417 e. The van der Waals surface area contributed by atoms with Gasteiger partial charge in [-0.15, -0.1) is 0 Å². The van der Waals surface area contributed by atoms with Gasteiger partial charge in [-0.25, -0.2) is 0 Å². The number of nitrogens with one attached hydrogen (secondary N) is 1. The minimum absolute atomic E-state index is 0.136. The molecule has 2 amide bonds. The summed E-state index contributed by atoms with van der Waals surface area (Å²) in [6.45, 7) is 0.401. The van der Waals surface area contributed by atoms with Crippen molar-refractivity contribution in [2.45, 2.75) is 32.1 Å². The van der Waals surface area contributed by atoms with E-state index in [0.717, 1.165) is 10.6 Å². The number of amides is 2. The lowest BCUT2D eigenvalue weighted by Gasteiger charge is -2.31. The molecule has 0 unspecified atom stereocenters. The van der Waals surface area contributed by atoms with Crippen LogP contribution in [0.5, 0.6) is 0 Å². The minimum atomic E-state index is -4.60. The molecule has 0 bridgehead atoms. The number of piperidine rings is 1. The number of carbonyl (C=O) groups is 2. The monoisotopic (exact) mass is 411 g/mol. The zero-order valence-corrected chi connectivity index (χ0v) is 15.4. The fraction of sp³-hybridized carbons (Fsp3) is 0.421. The van der Waals surface area contributed by atoms with Crippen LogP contribution >= 0.6 is 0 Å². The van der Waals surface area contributed by atoms with Crippen LogP contribution in [0.4, 0.5) is 13.2 Å². The summed E-state index contributed by atoms with van der Waals surface area (Å²) >= 11 is 0. The van der Waals surface area contributed by atoms with Crippen molar-refractivity contribution in [3.05, 3.63) is 58.4 Å². The fourth-order valence-electron chi connectivity index (χ4n) is 3.19. The highest BCUT2D eigenvalue weighted by Crippen LogP contribution is 2.28. The summed E-state index contributed by atoms with van der Waals surface area (Å²) in [7, 11) is 0. The number of hydrogen-bond donors (Lipinski definition) is 1. The first-order valence-electron chi connectivity index (χ1n) is 9.09. The maximum absolute atomic E-state index is 12.8. The molecule has 1 aliphatic rings. The van der Waals surface area contributed by atoms with Crippen LogP contribution in [-0.4, -0.2) is 34.4 Å². The quantitative estimate of drug-likeness (QED) is 0.816. The summed E-state index contributed by atoms with van der Waals surface area (Å²) < 4.78 is 44.3. The predicted molar refractivity (Wildman–Crippen MR) is 95.6 cm³/mol. The number of pyridine rings is 1. The summed E-state index contributed by atoms with van der Waals surface area (Å²) in [5, 5.41) is 2.78. The SMILES string of the molecule is O=C(NCc1ccco1)C1CCN(C(=O)Cn2cc(C(F)(F)F)ccc2=O)CC1. The Hall–Kier alpha value is -3.04. The highest BCUT2D eigenvalue weighted by molar-refractivity contribution is 5.80. The number of halogens is 3. The van der Waals surface area contributed by atoms with Crippen molar-refractivity contribution in [1.29, 1.82) is 0 Å². The second-order valence-corrected chi connectivity index (χ2v) is 6.83. The van der Waals surface area contributed by atoms with Crippen LogP contribution < -0.4 is 10.9 Å². The summed E-state index contributed by atoms with van der Waals surface area (Å²) in [5.41, 5.74) is -1.67. The van der Waals surface area contributed by atoms with Crippen LogP contribution in [0, 0.1) is 5.92 Å². The molecule has 3 heterocycles. The maximum atomic E-state index is 12.8. The third kappa shape index (κ3) is 5.27. The number of carbonyl (C=O) groups excluding carboxylic acids is 2. The molecular weight excluding hydrogens is 391 g/mol. The Morgan fingerprint density at radius 3 is 2.52 bits per heavy atom. The van der Waals surface area contributed by atoms with Crippen molar-refractivity contribution in [1.82, 2.24) is 14.8 Å². The van der Waals surface area contributed by atoms with Gasteiger partial charge in [0.15, 0.2) is 0 Å². The second kappa shape index (κ2) is 8.54. The average molecular weight is 411 g/mol. The highest BCUT2D eigenvalue weighted by Gasteiger charge is 2.32. The topological polar surface area (TPSA) is 84.6 Å². The van der Waals surface area contributed by atoms with Crippen molar-refractivity contribution >= 4 is 11.8 Å². The lowest BCUT2D eigenvalue weighted by Crippen LogP contribution is -2.44. The van der Waals surface area contributed by atoms with Gasteiger partial charge in [-0.05, 0) is 31.0 Å². The summed E-state index contributed by atoms with van der Waals surface area (Å²) in [6.07, 6.45) is -1.56. The Morgan fingerprint density at radius 2 is 1.90 bits per heavy atom. The van der Waals surface area contributed by atoms with Gasteiger partial charge in [0.25, 0.3) is 5.56 Å². The molecule has 0 radical (unpaired) electrons. The van der Waals surface area contributed by atoms with Gasteiger partial charge in [0.2, 0.25) is 11.8 Å². The fourth-order valence-corrected chi connectivity index (χ4v) is 3.19. The predicted octanol–water partition coefficient (Wildman–Crippen LogP) is 2.02. The van der Waals surface area contributed by atoms with Gasteiger partial charge in [-0.2, -0.15) is 13.2 Å². The molecule has 0 atom stereocenters. The van der Waals surface area contributed by atoms with E-state index in [1.165, 1.54) is 11.2 Å². The third-order valence-electron chi connectivity index (χ3n) is 4.85. The van der Waals surface area contributed by atoms with Crippen LogP contribution in [0.3, 0.4) is 0 Å². The van der Waals surface area contributed by atoms with Crippen LogP contribution in [0.2, 0.25) is 0 Å². The number of rotatable bonds is 5. The van der Waals surface area contributed by atoms with Gasteiger partial charge in [0, 0.05) is 31.3 Å². The lowest BCUT2D eigenvalue weighted by molar-refractivity contribution is -0.139. The molecule has 0 aromatic carbocycles. The number of alkyl halides is 3. The van der Waals surface area contributed by atoms with Crippen molar-refractivity contribution < 1.29 is 27.2 Å². The first kappa shape index (κ1) is 20.7. The van der Waals surface area contributed by atoms with E-state index in [1.807, 2.05) is 0 Å². The molecule has 10 heteroatoms. The molecule has 29 heavy (non-hydrogen) atoms. The van der Waals surface area contributed by atoms with Crippen LogP contribution in [0.1, 0.15) is 24.2 Å². The number of hydrogen-bond acceptors (Lipinski definition) is 4. The first-order chi connectivity index (χ1) is 13.7. The molecular formula is C19H20F3N3O4. The molecule has 7 nitrogen and oxygen atoms in total. The van der Waals surface area contributed by atoms with E-state index in [2.05, 4.69) is 5.32 Å². The van der Waals surface area contributed by atoms with E-state index in [9.17, 15) is 27.6 Å². The minimum Gasteiger partial charge on any atom is -0.467 e. The molecule has 1 aliphatic heterocycles. The van der Waals surface area contributed by atoms with Crippen molar-refractivity contribution in [3.8, 4) is 0 Å². The summed E-state index contributed by atoms with van der Waals surface area (Å²) in [4.78, 5) is 37.9. The maximum Gasteiger partial charge on any atom is 0.417 e. The average Bonchev–Trinajstić information content (AvgIpc) is 3.20. The molecule has 1 fully saturated rings. The zero-order valence-electron chi connectivity index (χ0n) is 15.4. The zero-order chi connectivity index (χ0) is 21.0. The van der Waals surface area contributed by atoms with Gasteiger partial charge in [0.1, 0.15) is 12.3 Å². The van der Waals surface area contributed by atoms with E-state index < -0.39 is 29.8 Å². The number of likely N-dealkylation sites (tertiary alicyclic amines) is 1. The Balaban J connectivity index is 1.52. The number of aromatic nitrogens is 1. The van der Waals surface area contributed by atoms with Gasteiger partial charge in [0.05, 0.1) is 18.4 Å². The highest BCUT2D eigenvalue weighted by atomic mass is 19.4.